The Kier molecular flexibility index (Phi) is 6.92. The van der Waals surface area contributed by atoms with Crippen LogP contribution in [0.15, 0.2) is 0 Å². The lowest BCUT2D eigenvalue weighted by Crippen LogP contribution is -2.41. The lowest BCUT2D eigenvalue weighted by Gasteiger charge is -2.19. The summed E-state index contributed by atoms with van der Waals surface area (Å²) < 4.78 is 4.75. The SMILES string of the molecule is CCOC(=O)C1CCCNC1=O.O=C1CCCCN1. The van der Waals surface area contributed by atoms with Gasteiger partial charge in [0.05, 0.1) is 6.61 Å². The Morgan fingerprint density at radius 2 is 1.95 bits per heavy atom. The summed E-state index contributed by atoms with van der Waals surface area (Å²) >= 11 is 0. The first-order chi connectivity index (χ1) is 9.15. The molecule has 0 aromatic heterocycles. The molecule has 2 aliphatic rings. The van der Waals surface area contributed by atoms with Crippen molar-refractivity contribution in [3.05, 3.63) is 0 Å². The molecule has 2 rings (SSSR count). The lowest BCUT2D eigenvalue weighted by molar-refractivity contribution is -0.153. The van der Waals surface area contributed by atoms with Crippen LogP contribution in [0.2, 0.25) is 0 Å². The number of carbonyl (C=O) groups is 3. The number of ether oxygens (including phenoxy) is 1. The van der Waals surface area contributed by atoms with Gasteiger partial charge in [0.15, 0.2) is 0 Å². The molecule has 0 saturated carbocycles. The predicted molar refractivity (Wildman–Crippen MR) is 69.2 cm³/mol. The second-order valence-corrected chi connectivity index (χ2v) is 4.54. The third kappa shape index (κ3) is 5.72. The van der Waals surface area contributed by atoms with E-state index >= 15 is 0 Å². The molecule has 2 heterocycles. The van der Waals surface area contributed by atoms with Crippen molar-refractivity contribution in [1.29, 1.82) is 0 Å². The fourth-order valence-corrected chi connectivity index (χ4v) is 1.97. The van der Waals surface area contributed by atoms with Crippen LogP contribution in [0.1, 0.15) is 39.0 Å². The van der Waals surface area contributed by atoms with Crippen molar-refractivity contribution in [1.82, 2.24) is 10.6 Å². The van der Waals surface area contributed by atoms with E-state index in [1.165, 1.54) is 0 Å². The largest absolute Gasteiger partial charge is 0.465 e. The Hall–Kier alpha value is -1.59. The molecule has 2 fully saturated rings. The first-order valence-electron chi connectivity index (χ1n) is 6.86. The summed E-state index contributed by atoms with van der Waals surface area (Å²) in [5.74, 6) is -0.945. The number of hydrogen-bond donors (Lipinski definition) is 2. The number of carbonyl (C=O) groups excluding carboxylic acids is 3. The second kappa shape index (κ2) is 8.50. The van der Waals surface area contributed by atoms with Crippen LogP contribution in [0.5, 0.6) is 0 Å². The molecule has 2 N–H and O–H groups in total. The van der Waals surface area contributed by atoms with E-state index in [-0.39, 0.29) is 11.8 Å². The maximum atomic E-state index is 11.1. The Bertz CT molecular complexity index is 323. The summed E-state index contributed by atoms with van der Waals surface area (Å²) in [4.78, 5) is 32.6. The summed E-state index contributed by atoms with van der Waals surface area (Å²) in [6, 6.07) is 0. The van der Waals surface area contributed by atoms with Crippen LogP contribution in [-0.2, 0) is 19.1 Å². The van der Waals surface area contributed by atoms with E-state index in [9.17, 15) is 14.4 Å². The van der Waals surface area contributed by atoms with Crippen LogP contribution in [-0.4, -0.2) is 37.5 Å². The molecule has 0 radical (unpaired) electrons. The van der Waals surface area contributed by atoms with Crippen molar-refractivity contribution in [3.63, 3.8) is 0 Å². The van der Waals surface area contributed by atoms with Crippen LogP contribution in [0, 0.1) is 5.92 Å². The molecule has 0 bridgehead atoms. The van der Waals surface area contributed by atoms with Gasteiger partial charge in [-0.2, -0.15) is 0 Å². The molecule has 6 heteroatoms. The Morgan fingerprint density at radius 3 is 2.42 bits per heavy atom. The van der Waals surface area contributed by atoms with Gasteiger partial charge in [-0.1, -0.05) is 0 Å². The van der Waals surface area contributed by atoms with Gasteiger partial charge in [0.25, 0.3) is 0 Å². The van der Waals surface area contributed by atoms with Crippen molar-refractivity contribution in [2.24, 2.45) is 5.92 Å². The molecule has 0 aromatic rings. The Labute approximate surface area is 113 Å². The zero-order chi connectivity index (χ0) is 14.1. The molecular weight excluding hydrogens is 248 g/mol. The molecule has 2 aliphatic heterocycles. The normalized spacial score (nSPS) is 22.5. The molecule has 1 atom stereocenters. The quantitative estimate of drug-likeness (QED) is 0.560. The summed E-state index contributed by atoms with van der Waals surface area (Å²) in [6.07, 6.45) is 4.44. The maximum absolute atomic E-state index is 11.1. The second-order valence-electron chi connectivity index (χ2n) is 4.54. The fraction of sp³-hybridized carbons (Fsp3) is 0.769. The summed E-state index contributed by atoms with van der Waals surface area (Å²) in [6.45, 7) is 3.63. The number of esters is 1. The summed E-state index contributed by atoms with van der Waals surface area (Å²) in [7, 11) is 0. The average molecular weight is 270 g/mol. The number of hydrogen-bond acceptors (Lipinski definition) is 4. The zero-order valence-corrected chi connectivity index (χ0v) is 11.4. The molecule has 108 valence electrons. The van der Waals surface area contributed by atoms with Gasteiger partial charge in [-0.3, -0.25) is 14.4 Å². The van der Waals surface area contributed by atoms with E-state index in [0.29, 0.717) is 19.6 Å². The fourth-order valence-electron chi connectivity index (χ4n) is 1.97. The highest BCUT2D eigenvalue weighted by molar-refractivity contribution is 5.98. The molecular formula is C13H22N2O4. The summed E-state index contributed by atoms with van der Waals surface area (Å²) in [5, 5.41) is 5.37. The molecule has 0 aliphatic carbocycles. The van der Waals surface area contributed by atoms with E-state index in [0.717, 1.165) is 32.2 Å². The van der Waals surface area contributed by atoms with Gasteiger partial charge in [0.1, 0.15) is 5.92 Å². The highest BCUT2D eigenvalue weighted by Gasteiger charge is 2.29. The van der Waals surface area contributed by atoms with Crippen molar-refractivity contribution in [2.75, 3.05) is 19.7 Å². The molecule has 0 aromatic carbocycles. The highest BCUT2D eigenvalue weighted by atomic mass is 16.5. The topological polar surface area (TPSA) is 84.5 Å². The van der Waals surface area contributed by atoms with Crippen LogP contribution >= 0.6 is 0 Å². The number of rotatable bonds is 2. The van der Waals surface area contributed by atoms with Crippen LogP contribution < -0.4 is 10.6 Å². The number of amides is 2. The van der Waals surface area contributed by atoms with Gasteiger partial charge in [0.2, 0.25) is 11.8 Å². The molecule has 6 nitrogen and oxygen atoms in total. The van der Waals surface area contributed by atoms with Crippen LogP contribution in [0.25, 0.3) is 0 Å². The minimum Gasteiger partial charge on any atom is -0.465 e. The first kappa shape index (κ1) is 15.5. The van der Waals surface area contributed by atoms with E-state index in [1.807, 2.05) is 0 Å². The van der Waals surface area contributed by atoms with Gasteiger partial charge < -0.3 is 15.4 Å². The minimum atomic E-state index is -0.571. The monoisotopic (exact) mass is 270 g/mol. The maximum Gasteiger partial charge on any atom is 0.318 e. The summed E-state index contributed by atoms with van der Waals surface area (Å²) in [5.41, 5.74) is 0. The first-order valence-corrected chi connectivity index (χ1v) is 6.86. The molecule has 19 heavy (non-hydrogen) atoms. The van der Waals surface area contributed by atoms with Crippen LogP contribution in [0.4, 0.5) is 0 Å². The van der Waals surface area contributed by atoms with E-state index < -0.39 is 11.9 Å². The molecule has 2 amide bonds. The van der Waals surface area contributed by atoms with Crippen molar-refractivity contribution >= 4 is 17.8 Å². The van der Waals surface area contributed by atoms with Gasteiger partial charge in [-0.25, -0.2) is 0 Å². The lowest BCUT2D eigenvalue weighted by atomic mass is 9.99. The van der Waals surface area contributed by atoms with E-state index in [1.54, 1.807) is 6.92 Å². The number of nitrogens with one attached hydrogen (secondary N) is 2. The van der Waals surface area contributed by atoms with Gasteiger partial charge in [-0.05, 0) is 32.6 Å². The van der Waals surface area contributed by atoms with Crippen molar-refractivity contribution < 1.29 is 19.1 Å². The standard InChI is InChI=1S/C8H13NO3.C5H9NO/c1-2-12-8(11)6-4-3-5-9-7(6)10;7-5-3-1-2-4-6-5/h6H,2-5H2,1H3,(H,9,10);1-4H2,(H,6,7). The average Bonchev–Trinajstić information content (AvgIpc) is 2.41. The van der Waals surface area contributed by atoms with E-state index in [2.05, 4.69) is 10.6 Å². The highest BCUT2D eigenvalue weighted by Crippen LogP contribution is 2.12. The van der Waals surface area contributed by atoms with E-state index in [4.69, 9.17) is 4.74 Å². The number of piperidine rings is 2. The smallest absolute Gasteiger partial charge is 0.318 e. The van der Waals surface area contributed by atoms with Gasteiger partial charge in [-0.15, -0.1) is 0 Å². The Balaban J connectivity index is 0.000000218. The Morgan fingerprint density at radius 1 is 1.21 bits per heavy atom. The third-order valence-electron chi connectivity index (χ3n) is 3.01. The van der Waals surface area contributed by atoms with Crippen molar-refractivity contribution in [2.45, 2.75) is 39.0 Å². The molecule has 1 unspecified atom stereocenters. The van der Waals surface area contributed by atoms with Crippen LogP contribution in [0.3, 0.4) is 0 Å². The minimum absolute atomic E-state index is 0.195. The van der Waals surface area contributed by atoms with Gasteiger partial charge in [0, 0.05) is 19.5 Å². The predicted octanol–water partition coefficient (Wildman–Crippen LogP) is 0.362. The molecule has 2 saturated heterocycles. The third-order valence-corrected chi connectivity index (χ3v) is 3.01. The molecule has 0 spiro atoms. The zero-order valence-electron chi connectivity index (χ0n) is 11.4. The van der Waals surface area contributed by atoms with Gasteiger partial charge >= 0.3 is 5.97 Å². The van der Waals surface area contributed by atoms with Crippen molar-refractivity contribution in [3.8, 4) is 0 Å².